The van der Waals surface area contributed by atoms with Crippen LogP contribution in [0.4, 0.5) is 19.1 Å². The fourth-order valence-corrected chi connectivity index (χ4v) is 2.93. The summed E-state index contributed by atoms with van der Waals surface area (Å²) in [5.41, 5.74) is -0.860. The number of piperazine rings is 1. The molecule has 0 aliphatic carbocycles. The zero-order chi connectivity index (χ0) is 22.1. The van der Waals surface area contributed by atoms with Gasteiger partial charge in [0.1, 0.15) is 0 Å². The molecule has 2 aromatic heterocycles. The van der Waals surface area contributed by atoms with E-state index in [9.17, 15) is 27.6 Å². The lowest BCUT2D eigenvalue weighted by molar-refractivity contribution is -0.193. The van der Waals surface area contributed by atoms with Crippen LogP contribution >= 0.6 is 0 Å². The average Bonchev–Trinajstić information content (AvgIpc) is 3.07. The van der Waals surface area contributed by atoms with Crippen LogP contribution < -0.4 is 15.8 Å². The first-order valence-electron chi connectivity index (χ1n) is 8.81. The van der Waals surface area contributed by atoms with Gasteiger partial charge in [-0.2, -0.15) is 18.2 Å². The maximum atomic E-state index is 12.9. The van der Waals surface area contributed by atoms with Crippen LogP contribution in [0.5, 0.6) is 0 Å². The van der Waals surface area contributed by atoms with Crippen LogP contribution in [0.25, 0.3) is 11.2 Å². The number of fused-ring (bicyclic) bond motifs is 1. The van der Waals surface area contributed by atoms with Gasteiger partial charge in [-0.05, 0) is 6.92 Å². The number of esters is 2. The zero-order valence-corrected chi connectivity index (χ0v) is 16.0. The summed E-state index contributed by atoms with van der Waals surface area (Å²) in [7, 11) is 1.14. The van der Waals surface area contributed by atoms with Gasteiger partial charge in [-0.15, -0.1) is 5.92 Å². The first-order valence-corrected chi connectivity index (χ1v) is 8.81. The third kappa shape index (κ3) is 3.99. The van der Waals surface area contributed by atoms with E-state index >= 15 is 0 Å². The normalized spacial score (nSPS) is 14.4. The van der Waals surface area contributed by atoms with Crippen LogP contribution in [0.2, 0.25) is 0 Å². The maximum Gasteiger partial charge on any atom is 0.491 e. The fraction of sp³-hybridized carbons (Fsp3) is 0.471. The molecule has 2 aromatic rings. The van der Waals surface area contributed by atoms with Crippen molar-refractivity contribution in [3.05, 3.63) is 16.2 Å². The highest BCUT2D eigenvalue weighted by Crippen LogP contribution is 2.21. The quantitative estimate of drug-likeness (QED) is 0.409. The number of hydrogen-bond donors (Lipinski definition) is 1. The van der Waals surface area contributed by atoms with E-state index in [0.717, 1.165) is 7.05 Å². The molecule has 0 saturated carbocycles. The lowest BCUT2D eigenvalue weighted by Gasteiger charge is -2.28. The highest BCUT2D eigenvalue weighted by molar-refractivity contribution is 5.96. The van der Waals surface area contributed by atoms with E-state index in [1.807, 2.05) is 4.90 Å². The average molecular weight is 426 g/mol. The molecule has 1 aliphatic heterocycles. The molecule has 1 aliphatic rings. The van der Waals surface area contributed by atoms with Crippen molar-refractivity contribution in [2.45, 2.75) is 19.6 Å². The lowest BCUT2D eigenvalue weighted by Crippen LogP contribution is -2.44. The molecule has 30 heavy (non-hydrogen) atoms. The third-order valence-corrected chi connectivity index (χ3v) is 4.38. The van der Waals surface area contributed by atoms with Gasteiger partial charge >= 0.3 is 18.1 Å². The minimum Gasteiger partial charge on any atom is -0.380 e. The number of nitrogens with zero attached hydrogens (tertiary/aromatic N) is 5. The number of hydrogen-bond acceptors (Lipinski definition) is 8. The van der Waals surface area contributed by atoms with Gasteiger partial charge in [0.15, 0.2) is 11.2 Å². The molecule has 0 amide bonds. The first-order chi connectivity index (χ1) is 14.1. The van der Waals surface area contributed by atoms with Gasteiger partial charge in [0.2, 0.25) is 11.8 Å². The summed E-state index contributed by atoms with van der Waals surface area (Å²) >= 11 is 0. The van der Waals surface area contributed by atoms with Crippen molar-refractivity contribution in [1.82, 2.24) is 24.4 Å². The summed E-state index contributed by atoms with van der Waals surface area (Å²) < 4.78 is 43.2. The summed E-state index contributed by atoms with van der Waals surface area (Å²) in [5.74, 6) is 0.785. The first kappa shape index (κ1) is 21.3. The lowest BCUT2D eigenvalue weighted by atomic mass is 10.4. The van der Waals surface area contributed by atoms with Gasteiger partial charge in [0, 0.05) is 33.2 Å². The van der Waals surface area contributed by atoms with Crippen molar-refractivity contribution in [2.75, 3.05) is 31.1 Å². The van der Waals surface area contributed by atoms with Crippen molar-refractivity contribution in [1.29, 1.82) is 0 Å². The van der Waals surface area contributed by atoms with Crippen LogP contribution in [0, 0.1) is 11.8 Å². The van der Waals surface area contributed by atoms with E-state index < -0.39 is 29.5 Å². The van der Waals surface area contributed by atoms with Crippen molar-refractivity contribution < 1.29 is 27.5 Å². The minimum absolute atomic E-state index is 0.0347. The summed E-state index contributed by atoms with van der Waals surface area (Å²) in [6.45, 7) is 4.32. The van der Waals surface area contributed by atoms with Crippen molar-refractivity contribution >= 4 is 29.1 Å². The molecule has 10 nitrogen and oxygen atoms in total. The van der Waals surface area contributed by atoms with E-state index in [0.29, 0.717) is 36.7 Å². The Morgan fingerprint density at radius 1 is 1.23 bits per heavy atom. The van der Waals surface area contributed by atoms with Gasteiger partial charge in [0.25, 0.3) is 5.56 Å². The number of ether oxygens (including phenoxy) is 1. The van der Waals surface area contributed by atoms with Crippen LogP contribution in [-0.2, 0) is 23.1 Å². The maximum absolute atomic E-state index is 12.9. The largest absolute Gasteiger partial charge is 0.491 e. The van der Waals surface area contributed by atoms with Crippen LogP contribution in [0.3, 0.4) is 0 Å². The molecule has 13 heteroatoms. The predicted octanol–water partition coefficient (Wildman–Crippen LogP) is -0.191. The molecule has 1 saturated heterocycles. The van der Waals surface area contributed by atoms with Crippen molar-refractivity contribution in [3.8, 4) is 11.8 Å². The molecular formula is C17H17F3N6O4. The second-order valence-corrected chi connectivity index (χ2v) is 6.31. The Morgan fingerprint density at radius 3 is 2.50 bits per heavy atom. The Bertz CT molecular complexity index is 1120. The second-order valence-electron chi connectivity index (χ2n) is 6.31. The number of aromatic nitrogens is 4. The molecule has 0 aromatic carbocycles. The summed E-state index contributed by atoms with van der Waals surface area (Å²) in [5, 5.41) is 3.18. The SMILES string of the molecule is CC#CCn1c(N2CCNCC2)nc2nc(C(=O)OC(=O)C(F)(F)F)n(C)c(=O)c21. The van der Waals surface area contributed by atoms with Gasteiger partial charge in [-0.1, -0.05) is 5.92 Å². The van der Waals surface area contributed by atoms with Gasteiger partial charge in [-0.3, -0.25) is 13.9 Å². The van der Waals surface area contributed by atoms with E-state index in [1.165, 1.54) is 0 Å². The van der Waals surface area contributed by atoms with Crippen molar-refractivity contribution in [2.24, 2.45) is 7.05 Å². The summed E-state index contributed by atoms with van der Waals surface area (Å²) in [6.07, 6.45) is -5.37. The Morgan fingerprint density at radius 2 is 1.90 bits per heavy atom. The van der Waals surface area contributed by atoms with E-state index in [-0.39, 0.29) is 17.7 Å². The summed E-state index contributed by atoms with van der Waals surface area (Å²) in [6, 6.07) is 0. The van der Waals surface area contributed by atoms with Crippen LogP contribution in [-0.4, -0.2) is 63.4 Å². The number of imidazole rings is 1. The number of nitrogens with one attached hydrogen (secondary N) is 1. The molecule has 0 unspecified atom stereocenters. The predicted molar refractivity (Wildman–Crippen MR) is 97.8 cm³/mol. The van der Waals surface area contributed by atoms with Gasteiger partial charge in [-0.25, -0.2) is 14.6 Å². The number of rotatable bonds is 3. The number of halogens is 3. The molecule has 160 valence electrons. The third-order valence-electron chi connectivity index (χ3n) is 4.38. The van der Waals surface area contributed by atoms with Crippen molar-refractivity contribution in [3.63, 3.8) is 0 Å². The van der Waals surface area contributed by atoms with Crippen LogP contribution in [0.1, 0.15) is 17.5 Å². The smallest absolute Gasteiger partial charge is 0.380 e. The van der Waals surface area contributed by atoms with E-state index in [4.69, 9.17) is 0 Å². The topological polar surface area (TPSA) is 111 Å². The minimum atomic E-state index is -5.37. The molecule has 0 radical (unpaired) electrons. The molecule has 0 atom stereocenters. The molecule has 1 fully saturated rings. The monoisotopic (exact) mass is 426 g/mol. The number of anilines is 1. The Balaban J connectivity index is 2.12. The molecule has 3 rings (SSSR count). The number of alkyl halides is 3. The second kappa shape index (κ2) is 8.15. The van der Waals surface area contributed by atoms with E-state index in [2.05, 4.69) is 31.9 Å². The standard InChI is InChI=1S/C17H17F3N6O4/c1-3-4-7-26-10-11(23-16(26)25-8-5-21-6-9-25)22-12(24(2)13(10)27)14(28)30-15(29)17(18,19)20/h21H,5-9H2,1-2H3. The van der Waals surface area contributed by atoms with Gasteiger partial charge in [0.05, 0.1) is 6.54 Å². The molecule has 0 bridgehead atoms. The highest BCUT2D eigenvalue weighted by Gasteiger charge is 2.43. The summed E-state index contributed by atoms with van der Waals surface area (Å²) in [4.78, 5) is 46.0. The molecule has 1 N–H and O–H groups in total. The molecule has 3 heterocycles. The van der Waals surface area contributed by atoms with Crippen LogP contribution in [0.15, 0.2) is 4.79 Å². The fourth-order valence-electron chi connectivity index (χ4n) is 2.93. The zero-order valence-electron chi connectivity index (χ0n) is 16.0. The van der Waals surface area contributed by atoms with Gasteiger partial charge < -0.3 is 15.0 Å². The number of carbonyl (C=O) groups is 2. The number of carbonyl (C=O) groups excluding carboxylic acids is 2. The highest BCUT2D eigenvalue weighted by atomic mass is 19.4. The Labute approximate surface area is 167 Å². The van der Waals surface area contributed by atoms with E-state index in [1.54, 1.807) is 11.5 Å². The molecule has 0 spiro atoms. The molecular weight excluding hydrogens is 409 g/mol. The Kier molecular flexibility index (Phi) is 5.79. The Hall–Kier alpha value is -3.40.